The van der Waals surface area contributed by atoms with E-state index >= 15 is 0 Å². The maximum absolute atomic E-state index is 11.3. The van der Waals surface area contributed by atoms with Crippen LogP contribution in [0.2, 0.25) is 0 Å². The Kier molecular flexibility index (Phi) is 3.09. The summed E-state index contributed by atoms with van der Waals surface area (Å²) in [5.74, 6) is 0. The predicted molar refractivity (Wildman–Crippen MR) is 48.2 cm³/mol. The van der Waals surface area contributed by atoms with E-state index in [0.717, 1.165) is 4.90 Å². The molecule has 0 fully saturated rings. The van der Waals surface area contributed by atoms with Crippen molar-refractivity contribution in [1.29, 1.82) is 0 Å². The summed E-state index contributed by atoms with van der Waals surface area (Å²) in [5.41, 5.74) is 0. The first-order chi connectivity index (χ1) is 5.22. The van der Waals surface area contributed by atoms with Gasteiger partial charge in [-0.2, -0.15) is 0 Å². The van der Waals surface area contributed by atoms with Crippen LogP contribution < -0.4 is 0 Å². The van der Waals surface area contributed by atoms with E-state index in [1.165, 1.54) is 0 Å². The Labute approximate surface area is 73.8 Å². The first-order valence-electron chi connectivity index (χ1n) is 3.31. The van der Waals surface area contributed by atoms with E-state index in [1.807, 2.05) is 30.3 Å². The van der Waals surface area contributed by atoms with Gasteiger partial charge >= 0.3 is 0 Å². The minimum absolute atomic E-state index is 0.322. The lowest BCUT2D eigenvalue weighted by Crippen LogP contribution is -2.01. The molecule has 2 atom stereocenters. The maximum atomic E-state index is 11.3. The molecule has 1 nitrogen and oxygen atoms in total. The molecule has 0 amide bonds. The van der Waals surface area contributed by atoms with E-state index < -0.39 is 10.8 Å². The number of hydrogen-bond donors (Lipinski definition) is 0. The summed E-state index contributed by atoms with van der Waals surface area (Å²) < 4.78 is 11.0. The largest absolute Gasteiger partial charge is 0.253 e. The summed E-state index contributed by atoms with van der Waals surface area (Å²) in [6, 6.07) is 9.22. The Morgan fingerprint density at radius 1 is 1.36 bits per heavy atom. The van der Waals surface area contributed by atoms with Crippen molar-refractivity contribution >= 4 is 22.4 Å². The van der Waals surface area contributed by atoms with Gasteiger partial charge in [0.05, 0.1) is 10.8 Å². The molecule has 0 saturated heterocycles. The maximum Gasteiger partial charge on any atom is 0.110 e. The predicted octanol–water partition coefficient (Wildman–Crippen LogP) is 2.38. The Bertz CT molecular complexity index is 246. The standard InChI is InChI=1S/C8H9ClOS/c1-7(9)11(10)8-5-3-2-4-6-8/h2-7H,1H3/t7-,11?/m1/s1. The van der Waals surface area contributed by atoms with E-state index in [-0.39, 0.29) is 4.71 Å². The first-order valence-corrected chi connectivity index (χ1v) is 4.96. The summed E-state index contributed by atoms with van der Waals surface area (Å²) in [6.07, 6.45) is 0. The van der Waals surface area contributed by atoms with Crippen molar-refractivity contribution < 1.29 is 4.21 Å². The number of benzene rings is 1. The van der Waals surface area contributed by atoms with Gasteiger partial charge in [-0.1, -0.05) is 18.2 Å². The normalized spacial score (nSPS) is 15.8. The van der Waals surface area contributed by atoms with Crippen LogP contribution >= 0.6 is 11.6 Å². The van der Waals surface area contributed by atoms with Gasteiger partial charge in [-0.05, 0) is 19.1 Å². The second-order valence-electron chi connectivity index (χ2n) is 2.15. The van der Waals surface area contributed by atoms with Crippen LogP contribution in [0.15, 0.2) is 35.2 Å². The Morgan fingerprint density at radius 2 is 1.91 bits per heavy atom. The van der Waals surface area contributed by atoms with Gasteiger partial charge < -0.3 is 0 Å². The average Bonchev–Trinajstić information content (AvgIpc) is 2.05. The SMILES string of the molecule is C[C@H](Cl)S(=O)c1ccccc1. The fourth-order valence-electron chi connectivity index (χ4n) is 0.742. The zero-order valence-corrected chi connectivity index (χ0v) is 7.73. The van der Waals surface area contributed by atoms with E-state index in [4.69, 9.17) is 11.6 Å². The van der Waals surface area contributed by atoms with E-state index in [2.05, 4.69) is 0 Å². The monoisotopic (exact) mass is 188 g/mol. The molecule has 1 unspecified atom stereocenters. The van der Waals surface area contributed by atoms with E-state index in [1.54, 1.807) is 6.92 Å². The van der Waals surface area contributed by atoms with Crippen LogP contribution in [0.5, 0.6) is 0 Å². The van der Waals surface area contributed by atoms with Crippen molar-refractivity contribution in [3.63, 3.8) is 0 Å². The summed E-state index contributed by atoms with van der Waals surface area (Å²) in [6.45, 7) is 1.73. The van der Waals surface area contributed by atoms with Gasteiger partial charge in [0.15, 0.2) is 0 Å². The fraction of sp³-hybridized carbons (Fsp3) is 0.250. The summed E-state index contributed by atoms with van der Waals surface area (Å²) in [7, 11) is -1.07. The van der Waals surface area contributed by atoms with Crippen LogP contribution in [0.4, 0.5) is 0 Å². The van der Waals surface area contributed by atoms with Crippen molar-refractivity contribution in [3.05, 3.63) is 30.3 Å². The molecule has 0 aliphatic heterocycles. The third kappa shape index (κ3) is 2.31. The molecule has 11 heavy (non-hydrogen) atoms. The van der Waals surface area contributed by atoms with Crippen LogP contribution in [-0.4, -0.2) is 8.92 Å². The van der Waals surface area contributed by atoms with Crippen molar-refractivity contribution in [1.82, 2.24) is 0 Å². The van der Waals surface area contributed by atoms with Gasteiger partial charge in [0, 0.05) is 4.90 Å². The average molecular weight is 189 g/mol. The Morgan fingerprint density at radius 3 is 2.36 bits per heavy atom. The van der Waals surface area contributed by atoms with Crippen LogP contribution in [0.3, 0.4) is 0 Å². The highest BCUT2D eigenvalue weighted by atomic mass is 35.5. The van der Waals surface area contributed by atoms with Gasteiger partial charge in [-0.15, -0.1) is 11.6 Å². The number of halogens is 1. The Hall–Kier alpha value is -0.340. The molecule has 1 aromatic carbocycles. The van der Waals surface area contributed by atoms with Gasteiger partial charge in [0.2, 0.25) is 0 Å². The first kappa shape index (κ1) is 8.75. The quantitative estimate of drug-likeness (QED) is 0.652. The molecule has 0 N–H and O–H groups in total. The Balaban J connectivity index is 2.86. The molecular weight excluding hydrogens is 180 g/mol. The lowest BCUT2D eigenvalue weighted by molar-refractivity contribution is 0.682. The van der Waals surface area contributed by atoms with Crippen LogP contribution in [0.25, 0.3) is 0 Å². The molecule has 0 aromatic heterocycles. The molecule has 0 bridgehead atoms. The highest BCUT2D eigenvalue weighted by Crippen LogP contribution is 2.12. The lowest BCUT2D eigenvalue weighted by Gasteiger charge is -2.01. The molecule has 0 spiro atoms. The van der Waals surface area contributed by atoms with Crippen molar-refractivity contribution in [2.24, 2.45) is 0 Å². The minimum atomic E-state index is -1.07. The van der Waals surface area contributed by atoms with Crippen molar-refractivity contribution in [2.45, 2.75) is 16.5 Å². The van der Waals surface area contributed by atoms with Crippen LogP contribution in [0, 0.1) is 0 Å². The molecule has 0 heterocycles. The van der Waals surface area contributed by atoms with Crippen molar-refractivity contribution in [2.75, 3.05) is 0 Å². The number of hydrogen-bond acceptors (Lipinski definition) is 1. The lowest BCUT2D eigenvalue weighted by atomic mass is 10.4. The molecule has 1 rings (SSSR count). The van der Waals surface area contributed by atoms with E-state index in [9.17, 15) is 4.21 Å². The fourth-order valence-corrected chi connectivity index (χ4v) is 1.85. The minimum Gasteiger partial charge on any atom is -0.253 e. The summed E-state index contributed by atoms with van der Waals surface area (Å²) >= 11 is 5.66. The third-order valence-electron chi connectivity index (χ3n) is 1.27. The highest BCUT2D eigenvalue weighted by Gasteiger charge is 2.08. The van der Waals surface area contributed by atoms with Crippen LogP contribution in [-0.2, 0) is 10.8 Å². The molecule has 1 aromatic rings. The van der Waals surface area contributed by atoms with Crippen LogP contribution in [0.1, 0.15) is 6.92 Å². The second kappa shape index (κ2) is 3.88. The molecule has 3 heteroatoms. The molecule has 0 aliphatic carbocycles. The van der Waals surface area contributed by atoms with E-state index in [0.29, 0.717) is 0 Å². The third-order valence-corrected chi connectivity index (χ3v) is 3.08. The van der Waals surface area contributed by atoms with Gasteiger partial charge in [0.1, 0.15) is 4.71 Å². The zero-order valence-electron chi connectivity index (χ0n) is 6.16. The number of rotatable bonds is 2. The molecule has 60 valence electrons. The topological polar surface area (TPSA) is 17.1 Å². The summed E-state index contributed by atoms with van der Waals surface area (Å²) in [5, 5.41) is 0. The molecule has 0 radical (unpaired) electrons. The highest BCUT2D eigenvalue weighted by molar-refractivity contribution is 7.87. The zero-order chi connectivity index (χ0) is 8.27. The molecule has 0 saturated carbocycles. The molecular formula is C8H9ClOS. The summed E-state index contributed by atoms with van der Waals surface area (Å²) in [4.78, 5) is 0.787. The second-order valence-corrected chi connectivity index (χ2v) is 4.84. The smallest absolute Gasteiger partial charge is 0.110 e. The van der Waals surface area contributed by atoms with Gasteiger partial charge in [-0.25, -0.2) is 0 Å². The number of alkyl halides is 1. The molecule has 0 aliphatic rings. The van der Waals surface area contributed by atoms with Gasteiger partial charge in [0.25, 0.3) is 0 Å². The van der Waals surface area contributed by atoms with Gasteiger partial charge in [-0.3, -0.25) is 4.21 Å². The van der Waals surface area contributed by atoms with Crippen molar-refractivity contribution in [3.8, 4) is 0 Å².